The Morgan fingerprint density at radius 2 is 1.65 bits per heavy atom. The Kier molecular flexibility index (Phi) is 5.25. The number of rotatable bonds is 5. The molecular weight excluding hydrogens is 306 g/mol. The maximum absolute atomic E-state index is 4.65. The van der Waals surface area contributed by atoms with Gasteiger partial charge in [0.25, 0.3) is 0 Å². The van der Waals surface area contributed by atoms with Crippen LogP contribution in [-0.2, 0) is 13.1 Å². The highest BCUT2D eigenvalue weighted by Gasteiger charge is 2.19. The lowest BCUT2D eigenvalue weighted by Gasteiger charge is -2.34. The lowest BCUT2D eigenvalue weighted by atomic mass is 10.2. The Balaban J connectivity index is 1.51. The molecule has 0 spiro atoms. The van der Waals surface area contributed by atoms with E-state index in [1.807, 2.05) is 23.7 Å². The van der Waals surface area contributed by atoms with Crippen molar-refractivity contribution in [1.29, 1.82) is 0 Å². The fourth-order valence-corrected chi connectivity index (χ4v) is 3.83. The van der Waals surface area contributed by atoms with Crippen LogP contribution in [-0.4, -0.2) is 60.0 Å². The van der Waals surface area contributed by atoms with Gasteiger partial charge in [-0.05, 0) is 24.6 Å². The van der Waals surface area contributed by atoms with Gasteiger partial charge < -0.3 is 4.90 Å². The maximum atomic E-state index is 4.65. The van der Waals surface area contributed by atoms with Crippen LogP contribution in [0.15, 0.2) is 24.5 Å². The van der Waals surface area contributed by atoms with Crippen molar-refractivity contribution in [3.63, 3.8) is 0 Å². The van der Waals surface area contributed by atoms with Crippen molar-refractivity contribution in [3.8, 4) is 0 Å². The van der Waals surface area contributed by atoms with E-state index in [-0.39, 0.29) is 0 Å². The zero-order valence-corrected chi connectivity index (χ0v) is 15.0. The molecular formula is C17H25N5S. The molecule has 0 unspecified atom stereocenters. The van der Waals surface area contributed by atoms with E-state index in [2.05, 4.69) is 57.8 Å². The molecule has 0 aromatic carbocycles. The van der Waals surface area contributed by atoms with Crippen LogP contribution in [0.5, 0.6) is 0 Å². The summed E-state index contributed by atoms with van der Waals surface area (Å²) in [6, 6.07) is 4.21. The topological polar surface area (TPSA) is 35.5 Å². The second kappa shape index (κ2) is 7.38. The molecule has 124 valence electrons. The molecule has 3 heterocycles. The molecule has 0 saturated carbocycles. The van der Waals surface area contributed by atoms with Gasteiger partial charge >= 0.3 is 0 Å². The van der Waals surface area contributed by atoms with Gasteiger partial charge in [0.2, 0.25) is 0 Å². The molecule has 1 aliphatic heterocycles. The molecule has 3 rings (SSSR count). The molecule has 0 radical (unpaired) electrons. The molecule has 23 heavy (non-hydrogen) atoms. The first kappa shape index (κ1) is 16.4. The van der Waals surface area contributed by atoms with E-state index in [9.17, 15) is 0 Å². The number of piperazine rings is 1. The molecule has 0 atom stereocenters. The lowest BCUT2D eigenvalue weighted by Crippen LogP contribution is -2.45. The summed E-state index contributed by atoms with van der Waals surface area (Å²) < 4.78 is 0. The minimum absolute atomic E-state index is 1.03. The summed E-state index contributed by atoms with van der Waals surface area (Å²) in [5.74, 6) is 0. The van der Waals surface area contributed by atoms with E-state index in [1.54, 1.807) is 0 Å². The van der Waals surface area contributed by atoms with Crippen LogP contribution in [0.2, 0.25) is 0 Å². The number of aryl methyl sites for hydroxylation is 1. The molecule has 1 aliphatic rings. The summed E-state index contributed by atoms with van der Waals surface area (Å²) in [6.45, 7) is 8.68. The normalized spacial score (nSPS) is 16.7. The van der Waals surface area contributed by atoms with Crippen LogP contribution < -0.4 is 4.90 Å². The van der Waals surface area contributed by atoms with Gasteiger partial charge in [0.15, 0.2) is 5.13 Å². The van der Waals surface area contributed by atoms with Crippen molar-refractivity contribution in [2.24, 2.45) is 0 Å². The van der Waals surface area contributed by atoms with Crippen molar-refractivity contribution in [3.05, 3.63) is 40.7 Å². The largest absolute Gasteiger partial charge is 0.354 e. The number of aromatic nitrogens is 2. The van der Waals surface area contributed by atoms with Crippen molar-refractivity contribution in [2.75, 3.05) is 45.2 Å². The molecule has 6 heteroatoms. The number of thiazole rings is 1. The SMILES string of the molecule is Cc1nc(N(C)C)sc1CN1CCN(Cc2ccncc2)CC1. The zero-order valence-electron chi connectivity index (χ0n) is 14.2. The Bertz CT molecular complexity index is 617. The quantitative estimate of drug-likeness (QED) is 0.839. The number of nitrogens with zero attached hydrogens (tertiary/aromatic N) is 5. The summed E-state index contributed by atoms with van der Waals surface area (Å²) in [7, 11) is 4.11. The third-order valence-electron chi connectivity index (χ3n) is 4.25. The summed E-state index contributed by atoms with van der Waals surface area (Å²) in [5.41, 5.74) is 2.53. The zero-order chi connectivity index (χ0) is 16.2. The fourth-order valence-electron chi connectivity index (χ4n) is 2.81. The van der Waals surface area contributed by atoms with Crippen LogP contribution in [0.25, 0.3) is 0 Å². The Hall–Kier alpha value is -1.50. The van der Waals surface area contributed by atoms with Crippen molar-refractivity contribution >= 4 is 16.5 Å². The van der Waals surface area contributed by atoms with Gasteiger partial charge in [0, 0.05) is 70.6 Å². The highest BCUT2D eigenvalue weighted by molar-refractivity contribution is 7.15. The van der Waals surface area contributed by atoms with Crippen molar-refractivity contribution in [2.45, 2.75) is 20.0 Å². The van der Waals surface area contributed by atoms with E-state index < -0.39 is 0 Å². The summed E-state index contributed by atoms with van der Waals surface area (Å²) >= 11 is 1.82. The van der Waals surface area contributed by atoms with Gasteiger partial charge in [0.05, 0.1) is 5.69 Å². The first-order chi connectivity index (χ1) is 11.1. The molecule has 1 saturated heterocycles. The van der Waals surface area contributed by atoms with Crippen LogP contribution in [0.4, 0.5) is 5.13 Å². The number of pyridine rings is 1. The summed E-state index contributed by atoms with van der Waals surface area (Å²) in [5, 5.41) is 1.11. The molecule has 2 aromatic heterocycles. The van der Waals surface area contributed by atoms with Crippen molar-refractivity contribution < 1.29 is 0 Å². The van der Waals surface area contributed by atoms with Crippen LogP contribution >= 0.6 is 11.3 Å². The average Bonchev–Trinajstić information content (AvgIpc) is 2.92. The average molecular weight is 331 g/mol. The lowest BCUT2D eigenvalue weighted by molar-refractivity contribution is 0.122. The second-order valence-corrected chi connectivity index (χ2v) is 7.37. The number of hydrogen-bond acceptors (Lipinski definition) is 6. The smallest absolute Gasteiger partial charge is 0.185 e. The first-order valence-electron chi connectivity index (χ1n) is 8.09. The van der Waals surface area contributed by atoms with Gasteiger partial charge in [-0.2, -0.15) is 0 Å². The summed E-state index contributed by atoms with van der Waals surface area (Å²) in [4.78, 5) is 17.3. The van der Waals surface area contributed by atoms with E-state index in [4.69, 9.17) is 0 Å². The van der Waals surface area contributed by atoms with E-state index in [0.717, 1.165) is 44.4 Å². The number of hydrogen-bond donors (Lipinski definition) is 0. The first-order valence-corrected chi connectivity index (χ1v) is 8.90. The van der Waals surface area contributed by atoms with Gasteiger partial charge in [-0.25, -0.2) is 4.98 Å². The molecule has 0 N–H and O–H groups in total. The maximum Gasteiger partial charge on any atom is 0.185 e. The van der Waals surface area contributed by atoms with Crippen LogP contribution in [0.3, 0.4) is 0 Å². The molecule has 2 aromatic rings. The molecule has 0 aliphatic carbocycles. The molecule has 5 nitrogen and oxygen atoms in total. The van der Waals surface area contributed by atoms with Gasteiger partial charge in [-0.15, -0.1) is 11.3 Å². The molecule has 0 bridgehead atoms. The molecule has 1 fully saturated rings. The Morgan fingerprint density at radius 3 is 2.22 bits per heavy atom. The van der Waals surface area contributed by atoms with E-state index in [0.29, 0.717) is 0 Å². The molecule has 0 amide bonds. The standard InChI is InChI=1S/C17H25N5S/c1-14-16(23-17(19-14)20(2)3)13-22-10-8-21(9-11-22)12-15-4-6-18-7-5-15/h4-7H,8-13H2,1-3H3. The van der Waals surface area contributed by atoms with Crippen LogP contribution in [0.1, 0.15) is 16.1 Å². The predicted molar refractivity (Wildman–Crippen MR) is 96.0 cm³/mol. The van der Waals surface area contributed by atoms with Gasteiger partial charge in [-0.1, -0.05) is 0 Å². The van der Waals surface area contributed by atoms with E-state index >= 15 is 0 Å². The third kappa shape index (κ3) is 4.28. The monoisotopic (exact) mass is 331 g/mol. The summed E-state index contributed by atoms with van der Waals surface area (Å²) in [6.07, 6.45) is 3.75. The predicted octanol–water partition coefficient (Wildman–Crippen LogP) is 2.23. The highest BCUT2D eigenvalue weighted by atomic mass is 32.1. The Labute approximate surface area is 142 Å². The second-order valence-electron chi connectivity index (χ2n) is 6.31. The number of anilines is 1. The minimum atomic E-state index is 1.03. The van der Waals surface area contributed by atoms with Gasteiger partial charge in [-0.3, -0.25) is 14.8 Å². The Morgan fingerprint density at radius 1 is 1.04 bits per heavy atom. The third-order valence-corrected chi connectivity index (χ3v) is 5.56. The highest BCUT2D eigenvalue weighted by Crippen LogP contribution is 2.26. The minimum Gasteiger partial charge on any atom is -0.354 e. The van der Waals surface area contributed by atoms with Crippen molar-refractivity contribution in [1.82, 2.24) is 19.8 Å². The van der Waals surface area contributed by atoms with E-state index in [1.165, 1.54) is 16.1 Å². The van der Waals surface area contributed by atoms with Crippen LogP contribution in [0, 0.1) is 6.92 Å². The fraction of sp³-hybridized carbons (Fsp3) is 0.529. The van der Waals surface area contributed by atoms with Gasteiger partial charge in [0.1, 0.15) is 0 Å².